The van der Waals surface area contributed by atoms with Crippen molar-refractivity contribution in [3.63, 3.8) is 0 Å². The maximum absolute atomic E-state index is 13.4. The first-order valence-electron chi connectivity index (χ1n) is 11.0. The molecule has 12 nitrogen and oxygen atoms in total. The first-order valence-corrected chi connectivity index (χ1v) is 12.5. The lowest BCUT2D eigenvalue weighted by atomic mass is 9.85. The van der Waals surface area contributed by atoms with Crippen LogP contribution in [0.3, 0.4) is 0 Å². The van der Waals surface area contributed by atoms with E-state index in [1.165, 1.54) is 20.5 Å². The fraction of sp³-hybridized carbons (Fsp3) is 0.524. The van der Waals surface area contributed by atoms with Crippen molar-refractivity contribution >= 4 is 16.0 Å². The smallest absolute Gasteiger partial charge is 0.245 e. The number of rotatable bonds is 9. The zero-order chi connectivity index (χ0) is 24.5. The second-order valence-corrected chi connectivity index (χ2v) is 10.3. The fourth-order valence-electron chi connectivity index (χ4n) is 3.72. The summed E-state index contributed by atoms with van der Waals surface area (Å²) >= 11 is 0. The van der Waals surface area contributed by atoms with Gasteiger partial charge < -0.3 is 9.47 Å². The van der Waals surface area contributed by atoms with E-state index in [0.29, 0.717) is 17.2 Å². The SMILES string of the molecule is COc1ncnc(OC)c1-n1c(NS(=O)(=O)[C@@H](C)[C@H](C)c2cnc(C)cn2)nnc1C1CCC1. The molecular weight excluding hydrogens is 460 g/mol. The minimum atomic E-state index is -3.91. The molecule has 3 heterocycles. The normalized spacial score (nSPS) is 15.9. The molecule has 0 amide bonds. The molecule has 3 aromatic heterocycles. The quantitative estimate of drug-likeness (QED) is 0.476. The summed E-state index contributed by atoms with van der Waals surface area (Å²) in [5.41, 5.74) is 1.68. The lowest BCUT2D eigenvalue weighted by molar-refractivity contribution is 0.362. The Labute approximate surface area is 198 Å². The molecule has 0 spiro atoms. The van der Waals surface area contributed by atoms with Crippen LogP contribution in [-0.2, 0) is 10.0 Å². The molecule has 3 aromatic rings. The maximum Gasteiger partial charge on any atom is 0.245 e. The molecule has 1 fully saturated rings. The number of hydrogen-bond donors (Lipinski definition) is 1. The highest BCUT2D eigenvalue weighted by atomic mass is 32.2. The van der Waals surface area contributed by atoms with Crippen LogP contribution in [0.4, 0.5) is 5.95 Å². The molecule has 0 aliphatic heterocycles. The molecule has 1 aliphatic rings. The molecule has 1 N–H and O–H groups in total. The largest absolute Gasteiger partial charge is 0.479 e. The molecule has 13 heteroatoms. The molecule has 0 aromatic carbocycles. The van der Waals surface area contributed by atoms with E-state index in [9.17, 15) is 8.42 Å². The Morgan fingerprint density at radius 1 is 1.03 bits per heavy atom. The van der Waals surface area contributed by atoms with E-state index in [2.05, 4.69) is 34.9 Å². The zero-order valence-electron chi connectivity index (χ0n) is 19.8. The van der Waals surface area contributed by atoms with Gasteiger partial charge in [0, 0.05) is 24.2 Å². The van der Waals surface area contributed by atoms with Crippen LogP contribution >= 0.6 is 0 Å². The minimum absolute atomic E-state index is 0.0161. The van der Waals surface area contributed by atoms with Gasteiger partial charge in [-0.2, -0.15) is 9.97 Å². The molecule has 0 unspecified atom stereocenters. The number of nitrogens with one attached hydrogen (secondary N) is 1. The summed E-state index contributed by atoms with van der Waals surface area (Å²) in [4.78, 5) is 16.9. The third-order valence-corrected chi connectivity index (χ3v) is 8.07. The number of anilines is 1. The van der Waals surface area contributed by atoms with Gasteiger partial charge in [0.2, 0.25) is 27.7 Å². The van der Waals surface area contributed by atoms with Crippen molar-refractivity contribution in [3.8, 4) is 17.4 Å². The van der Waals surface area contributed by atoms with E-state index >= 15 is 0 Å². The summed E-state index contributed by atoms with van der Waals surface area (Å²) in [5.74, 6) is 0.743. The van der Waals surface area contributed by atoms with E-state index in [4.69, 9.17) is 9.47 Å². The maximum atomic E-state index is 13.4. The van der Waals surface area contributed by atoms with Crippen LogP contribution in [-0.4, -0.2) is 62.6 Å². The van der Waals surface area contributed by atoms with E-state index in [1.54, 1.807) is 30.8 Å². The summed E-state index contributed by atoms with van der Waals surface area (Å²) in [7, 11) is -0.971. The summed E-state index contributed by atoms with van der Waals surface area (Å²) in [6, 6.07) is 0. The molecule has 1 saturated carbocycles. The number of aryl methyl sites for hydroxylation is 1. The Hall–Kier alpha value is -3.35. The Morgan fingerprint density at radius 2 is 1.71 bits per heavy atom. The van der Waals surface area contributed by atoms with Crippen molar-refractivity contribution in [1.29, 1.82) is 0 Å². The molecule has 4 rings (SSSR count). The summed E-state index contributed by atoms with van der Waals surface area (Å²) < 4.78 is 41.9. The first kappa shape index (κ1) is 23.8. The van der Waals surface area contributed by atoms with Crippen LogP contribution < -0.4 is 14.2 Å². The van der Waals surface area contributed by atoms with Gasteiger partial charge in [-0.3, -0.25) is 19.3 Å². The van der Waals surface area contributed by atoms with Crippen LogP contribution in [0.2, 0.25) is 0 Å². The average Bonchev–Trinajstić information content (AvgIpc) is 3.18. The monoisotopic (exact) mass is 488 g/mol. The Kier molecular flexibility index (Phi) is 6.64. The van der Waals surface area contributed by atoms with Crippen LogP contribution in [0.1, 0.15) is 62.2 Å². The average molecular weight is 489 g/mol. The first-order chi connectivity index (χ1) is 16.3. The van der Waals surface area contributed by atoms with Gasteiger partial charge in [-0.15, -0.1) is 10.2 Å². The Morgan fingerprint density at radius 3 is 2.24 bits per heavy atom. The standard InChI is InChI=1S/C21H28N8O4S/c1-12-9-23-16(10-22-12)13(2)14(3)34(30,31)28-21-27-26-18(15-7-6-8-15)29(21)17-19(32-4)24-11-25-20(17)33-5/h9-11,13-15H,6-8H2,1-5H3,(H,27,28)/t13-,14-/m0/s1. The van der Waals surface area contributed by atoms with Crippen molar-refractivity contribution in [3.05, 3.63) is 35.9 Å². The van der Waals surface area contributed by atoms with Gasteiger partial charge in [0.15, 0.2) is 5.69 Å². The van der Waals surface area contributed by atoms with Crippen molar-refractivity contribution in [1.82, 2.24) is 34.7 Å². The van der Waals surface area contributed by atoms with Crippen molar-refractivity contribution in [2.45, 2.75) is 57.1 Å². The molecule has 2 atom stereocenters. The zero-order valence-corrected chi connectivity index (χ0v) is 20.6. The topological polar surface area (TPSA) is 147 Å². The predicted molar refractivity (Wildman–Crippen MR) is 124 cm³/mol. The van der Waals surface area contributed by atoms with Crippen LogP contribution in [0, 0.1) is 6.92 Å². The van der Waals surface area contributed by atoms with Gasteiger partial charge >= 0.3 is 0 Å². The molecular formula is C21H28N8O4S. The second kappa shape index (κ2) is 9.49. The van der Waals surface area contributed by atoms with E-state index in [-0.39, 0.29) is 23.6 Å². The predicted octanol–water partition coefficient (Wildman–Crippen LogP) is 2.37. The lowest BCUT2D eigenvalue weighted by Crippen LogP contribution is -2.31. The second-order valence-electron chi connectivity index (χ2n) is 8.31. The van der Waals surface area contributed by atoms with E-state index in [1.807, 2.05) is 6.92 Å². The highest BCUT2D eigenvalue weighted by Crippen LogP contribution is 2.40. The third-order valence-electron chi connectivity index (χ3n) is 6.22. The van der Waals surface area contributed by atoms with E-state index < -0.39 is 21.2 Å². The lowest BCUT2D eigenvalue weighted by Gasteiger charge is -2.26. The summed E-state index contributed by atoms with van der Waals surface area (Å²) in [6.07, 6.45) is 7.43. The van der Waals surface area contributed by atoms with Crippen molar-refractivity contribution in [2.75, 3.05) is 18.9 Å². The van der Waals surface area contributed by atoms with Crippen molar-refractivity contribution < 1.29 is 17.9 Å². The highest BCUT2D eigenvalue weighted by molar-refractivity contribution is 7.93. The van der Waals surface area contributed by atoms with Crippen LogP contribution in [0.15, 0.2) is 18.7 Å². The number of hydrogen-bond acceptors (Lipinski definition) is 10. The number of nitrogens with zero attached hydrogens (tertiary/aromatic N) is 7. The number of methoxy groups -OCH3 is 2. The minimum Gasteiger partial charge on any atom is -0.479 e. The van der Waals surface area contributed by atoms with E-state index in [0.717, 1.165) is 25.0 Å². The fourth-order valence-corrected chi connectivity index (χ4v) is 4.97. The molecule has 0 saturated heterocycles. The molecule has 0 bridgehead atoms. The van der Waals surface area contributed by atoms with Gasteiger partial charge in [0.05, 0.1) is 30.9 Å². The summed E-state index contributed by atoms with van der Waals surface area (Å²) in [6.45, 7) is 5.24. The Balaban J connectivity index is 1.74. The molecule has 0 radical (unpaired) electrons. The van der Waals surface area contributed by atoms with Crippen molar-refractivity contribution in [2.24, 2.45) is 0 Å². The van der Waals surface area contributed by atoms with Gasteiger partial charge in [-0.05, 0) is 26.7 Å². The van der Waals surface area contributed by atoms with Crippen LogP contribution in [0.5, 0.6) is 11.8 Å². The van der Waals surface area contributed by atoms with Gasteiger partial charge in [-0.25, -0.2) is 8.42 Å². The van der Waals surface area contributed by atoms with Gasteiger partial charge in [-0.1, -0.05) is 13.3 Å². The number of ether oxygens (including phenoxy) is 2. The van der Waals surface area contributed by atoms with Gasteiger partial charge in [0.1, 0.15) is 12.2 Å². The Bertz CT molecular complexity index is 1240. The van der Waals surface area contributed by atoms with Crippen LogP contribution in [0.25, 0.3) is 5.69 Å². The molecule has 34 heavy (non-hydrogen) atoms. The molecule has 182 valence electrons. The third kappa shape index (κ3) is 4.39. The molecule has 1 aliphatic carbocycles. The highest BCUT2D eigenvalue weighted by Gasteiger charge is 2.34. The number of aromatic nitrogens is 7. The number of sulfonamides is 1. The van der Waals surface area contributed by atoms with Gasteiger partial charge in [0.25, 0.3) is 0 Å². The summed E-state index contributed by atoms with van der Waals surface area (Å²) in [5, 5.41) is 7.67.